The number of esters is 1. The summed E-state index contributed by atoms with van der Waals surface area (Å²) in [5.74, 6) is -1.00. The lowest BCUT2D eigenvalue weighted by atomic mass is 10.4. The van der Waals surface area contributed by atoms with Gasteiger partial charge in [0.2, 0.25) is 0 Å². The average Bonchev–Trinajstić information content (AvgIpc) is 2.41. The summed E-state index contributed by atoms with van der Waals surface area (Å²) >= 11 is 0. The molecule has 0 aromatic carbocycles. The third kappa shape index (κ3) is 3.16. The highest BCUT2D eigenvalue weighted by Gasteiger charge is 2.33. The van der Waals surface area contributed by atoms with Crippen LogP contribution in [0, 0.1) is 0 Å². The third-order valence-corrected chi connectivity index (χ3v) is 1.65. The molecule has 1 atom stereocenters. The summed E-state index contributed by atoms with van der Waals surface area (Å²) in [4.78, 5) is 10.7. The van der Waals surface area contributed by atoms with Gasteiger partial charge in [0.25, 0.3) is 0 Å². The molecule has 0 saturated carbocycles. The van der Waals surface area contributed by atoms with Crippen molar-refractivity contribution in [3.05, 3.63) is 12.7 Å². The second-order valence-electron chi connectivity index (χ2n) is 3.28. The standard InChI is InChI=1S/C9H14O4/c1-4-8(10)11-5-7-6-12-9(2,3)13-7/h4,7H,1,5-6H2,2-3H3/t7-/m0/s1. The van der Waals surface area contributed by atoms with Gasteiger partial charge in [-0.05, 0) is 13.8 Å². The smallest absolute Gasteiger partial charge is 0.330 e. The number of carbonyl (C=O) groups is 1. The fraction of sp³-hybridized carbons (Fsp3) is 0.667. The molecule has 1 heterocycles. The van der Waals surface area contributed by atoms with E-state index in [4.69, 9.17) is 14.2 Å². The van der Waals surface area contributed by atoms with Gasteiger partial charge in [0.1, 0.15) is 12.7 Å². The molecule has 1 aliphatic rings. The van der Waals surface area contributed by atoms with Crippen LogP contribution in [0.25, 0.3) is 0 Å². The lowest BCUT2D eigenvalue weighted by molar-refractivity contribution is -0.154. The van der Waals surface area contributed by atoms with Gasteiger partial charge in [-0.1, -0.05) is 6.58 Å². The van der Waals surface area contributed by atoms with Crippen molar-refractivity contribution < 1.29 is 19.0 Å². The van der Waals surface area contributed by atoms with Crippen molar-refractivity contribution in [2.24, 2.45) is 0 Å². The lowest BCUT2D eigenvalue weighted by Crippen LogP contribution is -2.24. The molecule has 0 unspecified atom stereocenters. The summed E-state index contributed by atoms with van der Waals surface area (Å²) in [7, 11) is 0. The number of ether oxygens (including phenoxy) is 3. The van der Waals surface area contributed by atoms with Crippen molar-refractivity contribution in [2.75, 3.05) is 13.2 Å². The first-order valence-electron chi connectivity index (χ1n) is 4.14. The minimum absolute atomic E-state index is 0.168. The van der Waals surface area contributed by atoms with E-state index in [2.05, 4.69) is 6.58 Å². The lowest BCUT2D eigenvalue weighted by Gasteiger charge is -2.16. The zero-order chi connectivity index (χ0) is 9.90. The minimum Gasteiger partial charge on any atom is -0.460 e. The van der Waals surface area contributed by atoms with Gasteiger partial charge in [-0.25, -0.2) is 4.79 Å². The molecule has 13 heavy (non-hydrogen) atoms. The number of carbonyl (C=O) groups excluding carboxylic acids is 1. The Hall–Kier alpha value is -0.870. The first-order valence-corrected chi connectivity index (χ1v) is 4.14. The fourth-order valence-corrected chi connectivity index (χ4v) is 1.08. The molecule has 0 spiro atoms. The van der Waals surface area contributed by atoms with E-state index in [0.29, 0.717) is 6.61 Å². The highest BCUT2D eigenvalue weighted by molar-refractivity contribution is 5.81. The number of hydrogen-bond acceptors (Lipinski definition) is 4. The molecule has 0 aliphatic carbocycles. The Bertz CT molecular complexity index is 210. The van der Waals surface area contributed by atoms with Gasteiger partial charge in [-0.15, -0.1) is 0 Å². The second kappa shape index (κ2) is 3.89. The van der Waals surface area contributed by atoms with Crippen LogP contribution in [-0.4, -0.2) is 31.1 Å². The molecule has 1 aliphatic heterocycles. The van der Waals surface area contributed by atoms with Crippen molar-refractivity contribution in [2.45, 2.75) is 25.7 Å². The Kier molecular flexibility index (Phi) is 3.06. The van der Waals surface area contributed by atoms with Crippen LogP contribution in [0.4, 0.5) is 0 Å². The van der Waals surface area contributed by atoms with E-state index in [1.807, 2.05) is 13.8 Å². The minimum atomic E-state index is -0.564. The first kappa shape index (κ1) is 10.2. The summed E-state index contributed by atoms with van der Waals surface area (Å²) in [5.41, 5.74) is 0. The molecule has 0 N–H and O–H groups in total. The molecule has 4 nitrogen and oxygen atoms in total. The van der Waals surface area contributed by atoms with Gasteiger partial charge in [0, 0.05) is 6.08 Å². The van der Waals surface area contributed by atoms with Crippen LogP contribution >= 0.6 is 0 Å². The molecule has 1 saturated heterocycles. The zero-order valence-corrected chi connectivity index (χ0v) is 7.91. The maximum Gasteiger partial charge on any atom is 0.330 e. The molecule has 1 rings (SSSR count). The van der Waals surface area contributed by atoms with E-state index >= 15 is 0 Å². The van der Waals surface area contributed by atoms with E-state index in [0.717, 1.165) is 6.08 Å². The monoisotopic (exact) mass is 186 g/mol. The summed E-state index contributed by atoms with van der Waals surface area (Å²) < 4.78 is 15.5. The van der Waals surface area contributed by atoms with Crippen molar-refractivity contribution in [3.63, 3.8) is 0 Å². The Balaban J connectivity index is 2.25. The highest BCUT2D eigenvalue weighted by atomic mass is 16.7. The molecule has 0 aromatic heterocycles. The molecular formula is C9H14O4. The quantitative estimate of drug-likeness (QED) is 0.484. The number of rotatable bonds is 3. The summed E-state index contributed by atoms with van der Waals surface area (Å²) in [6, 6.07) is 0. The van der Waals surface area contributed by atoms with Crippen LogP contribution in [-0.2, 0) is 19.0 Å². The molecule has 0 amide bonds. The normalized spacial score (nSPS) is 25.5. The summed E-state index contributed by atoms with van der Waals surface area (Å²) in [6.45, 7) is 7.60. The topological polar surface area (TPSA) is 44.8 Å². The largest absolute Gasteiger partial charge is 0.460 e. The maximum atomic E-state index is 10.7. The van der Waals surface area contributed by atoms with Crippen LogP contribution in [0.3, 0.4) is 0 Å². The van der Waals surface area contributed by atoms with Crippen molar-refractivity contribution in [1.29, 1.82) is 0 Å². The van der Waals surface area contributed by atoms with Gasteiger partial charge in [-0.2, -0.15) is 0 Å². The Morgan fingerprint density at radius 3 is 2.92 bits per heavy atom. The van der Waals surface area contributed by atoms with Crippen molar-refractivity contribution in [3.8, 4) is 0 Å². The Morgan fingerprint density at radius 1 is 1.77 bits per heavy atom. The molecule has 0 radical (unpaired) electrons. The molecule has 1 fully saturated rings. The van der Waals surface area contributed by atoms with E-state index in [1.54, 1.807) is 0 Å². The molecule has 4 heteroatoms. The summed E-state index contributed by atoms with van der Waals surface area (Å²) in [6.07, 6.45) is 0.958. The zero-order valence-electron chi connectivity index (χ0n) is 7.91. The molecule has 0 bridgehead atoms. The molecule has 74 valence electrons. The van der Waals surface area contributed by atoms with E-state index in [9.17, 15) is 4.79 Å². The van der Waals surface area contributed by atoms with Gasteiger partial charge >= 0.3 is 5.97 Å². The van der Waals surface area contributed by atoms with Gasteiger partial charge < -0.3 is 14.2 Å². The summed E-state index contributed by atoms with van der Waals surface area (Å²) in [5, 5.41) is 0. The van der Waals surface area contributed by atoms with Crippen LogP contribution in [0.2, 0.25) is 0 Å². The van der Waals surface area contributed by atoms with Gasteiger partial charge in [0.15, 0.2) is 5.79 Å². The predicted octanol–water partition coefficient (Wildman–Crippen LogP) is 0.867. The van der Waals surface area contributed by atoms with Crippen LogP contribution in [0.15, 0.2) is 12.7 Å². The van der Waals surface area contributed by atoms with E-state index in [1.165, 1.54) is 0 Å². The number of hydrogen-bond donors (Lipinski definition) is 0. The van der Waals surface area contributed by atoms with Crippen molar-refractivity contribution >= 4 is 5.97 Å². The third-order valence-electron chi connectivity index (χ3n) is 1.65. The van der Waals surface area contributed by atoms with Gasteiger partial charge in [0.05, 0.1) is 6.61 Å². The van der Waals surface area contributed by atoms with Crippen LogP contribution in [0.5, 0.6) is 0 Å². The Morgan fingerprint density at radius 2 is 2.46 bits per heavy atom. The van der Waals surface area contributed by atoms with Gasteiger partial charge in [-0.3, -0.25) is 0 Å². The van der Waals surface area contributed by atoms with Crippen LogP contribution < -0.4 is 0 Å². The maximum absolute atomic E-state index is 10.7. The average molecular weight is 186 g/mol. The van der Waals surface area contributed by atoms with Crippen LogP contribution in [0.1, 0.15) is 13.8 Å². The fourth-order valence-electron chi connectivity index (χ4n) is 1.08. The predicted molar refractivity (Wildman–Crippen MR) is 46.1 cm³/mol. The van der Waals surface area contributed by atoms with E-state index in [-0.39, 0.29) is 12.7 Å². The first-order chi connectivity index (χ1) is 6.03. The SMILES string of the molecule is C=CC(=O)OC[C@H]1COC(C)(C)O1. The second-order valence-corrected chi connectivity index (χ2v) is 3.28. The highest BCUT2D eigenvalue weighted by Crippen LogP contribution is 2.22. The van der Waals surface area contributed by atoms with Crippen molar-refractivity contribution in [1.82, 2.24) is 0 Å². The molecular weight excluding hydrogens is 172 g/mol. The Labute approximate surface area is 77.5 Å². The molecule has 0 aromatic rings. The van der Waals surface area contributed by atoms with E-state index < -0.39 is 11.8 Å².